The molecule has 0 aromatic heterocycles. The number of benzene rings is 1. The summed E-state index contributed by atoms with van der Waals surface area (Å²) in [5.41, 5.74) is 0.720. The SMILES string of the molecule is Sc1ccc(Cl)cc1NCl. The van der Waals surface area contributed by atoms with Crippen molar-refractivity contribution < 1.29 is 0 Å². The van der Waals surface area contributed by atoms with Crippen LogP contribution < -0.4 is 4.84 Å². The van der Waals surface area contributed by atoms with Crippen molar-refractivity contribution >= 4 is 41.7 Å². The van der Waals surface area contributed by atoms with Crippen LogP contribution in [-0.4, -0.2) is 0 Å². The molecule has 0 atom stereocenters. The minimum absolute atomic E-state index is 0.640. The second-order valence-electron chi connectivity index (χ2n) is 1.76. The van der Waals surface area contributed by atoms with Crippen molar-refractivity contribution in [3.05, 3.63) is 23.2 Å². The molecule has 1 rings (SSSR count). The standard InChI is InChI=1S/C6H5Cl2NS/c7-4-1-2-6(10)5(3-4)9-8/h1-3,9-10H. The van der Waals surface area contributed by atoms with Crippen molar-refractivity contribution in [2.45, 2.75) is 4.90 Å². The van der Waals surface area contributed by atoms with E-state index in [1.807, 2.05) is 0 Å². The van der Waals surface area contributed by atoms with Crippen LogP contribution >= 0.6 is 36.0 Å². The summed E-state index contributed by atoms with van der Waals surface area (Å²) in [4.78, 5) is 3.22. The van der Waals surface area contributed by atoms with Crippen molar-refractivity contribution in [2.75, 3.05) is 4.84 Å². The second-order valence-corrected chi connectivity index (χ2v) is 2.86. The molecule has 54 valence electrons. The Morgan fingerprint density at radius 2 is 2.10 bits per heavy atom. The van der Waals surface area contributed by atoms with Crippen LogP contribution in [0.5, 0.6) is 0 Å². The normalized spacial score (nSPS) is 9.50. The van der Waals surface area contributed by atoms with Gasteiger partial charge >= 0.3 is 0 Å². The lowest BCUT2D eigenvalue weighted by Gasteiger charge is -2.00. The van der Waals surface area contributed by atoms with E-state index in [1.165, 1.54) is 0 Å². The minimum Gasteiger partial charge on any atom is -0.297 e. The van der Waals surface area contributed by atoms with Crippen LogP contribution in [0.4, 0.5) is 5.69 Å². The molecule has 0 unspecified atom stereocenters. The summed E-state index contributed by atoms with van der Waals surface area (Å²) in [6.07, 6.45) is 0. The van der Waals surface area contributed by atoms with Gasteiger partial charge in [0.15, 0.2) is 0 Å². The highest BCUT2D eigenvalue weighted by molar-refractivity contribution is 7.80. The van der Waals surface area contributed by atoms with Gasteiger partial charge in [-0.25, -0.2) is 0 Å². The first-order valence-corrected chi connectivity index (χ1v) is 3.79. The fourth-order valence-corrected chi connectivity index (χ4v) is 1.17. The molecule has 1 aromatic carbocycles. The Morgan fingerprint density at radius 3 is 2.60 bits per heavy atom. The summed E-state index contributed by atoms with van der Waals surface area (Å²) >= 11 is 15.1. The van der Waals surface area contributed by atoms with Crippen LogP contribution in [0.15, 0.2) is 23.1 Å². The molecule has 0 amide bonds. The number of hydrogen-bond donors (Lipinski definition) is 2. The second kappa shape index (κ2) is 3.37. The zero-order valence-electron chi connectivity index (χ0n) is 4.94. The predicted octanol–water partition coefficient (Wildman–Crippen LogP) is 3.19. The van der Waals surface area contributed by atoms with Crippen LogP contribution in [0.3, 0.4) is 0 Å². The molecule has 0 fully saturated rings. The van der Waals surface area contributed by atoms with Crippen molar-refractivity contribution in [3.63, 3.8) is 0 Å². The van der Waals surface area contributed by atoms with E-state index < -0.39 is 0 Å². The number of nitrogens with one attached hydrogen (secondary N) is 1. The number of thiol groups is 1. The number of rotatable bonds is 1. The Morgan fingerprint density at radius 1 is 1.40 bits per heavy atom. The molecule has 0 bridgehead atoms. The zero-order chi connectivity index (χ0) is 7.56. The molecule has 1 N–H and O–H groups in total. The van der Waals surface area contributed by atoms with Gasteiger partial charge in [-0.05, 0) is 18.2 Å². The maximum Gasteiger partial charge on any atom is 0.0639 e. The van der Waals surface area contributed by atoms with Crippen molar-refractivity contribution in [1.29, 1.82) is 0 Å². The summed E-state index contributed by atoms with van der Waals surface area (Å²) in [5, 5.41) is 0.640. The molecule has 0 spiro atoms. The van der Waals surface area contributed by atoms with E-state index in [2.05, 4.69) is 17.5 Å². The van der Waals surface area contributed by atoms with Gasteiger partial charge in [0.2, 0.25) is 0 Å². The lowest BCUT2D eigenvalue weighted by Crippen LogP contribution is -1.81. The average Bonchev–Trinajstić information content (AvgIpc) is 1.94. The fourth-order valence-electron chi connectivity index (χ4n) is 0.584. The first-order valence-electron chi connectivity index (χ1n) is 2.59. The number of hydrogen-bond acceptors (Lipinski definition) is 2. The van der Waals surface area contributed by atoms with E-state index in [-0.39, 0.29) is 0 Å². The van der Waals surface area contributed by atoms with Gasteiger partial charge in [-0.1, -0.05) is 11.6 Å². The van der Waals surface area contributed by atoms with Gasteiger partial charge < -0.3 is 0 Å². The zero-order valence-corrected chi connectivity index (χ0v) is 7.34. The van der Waals surface area contributed by atoms with Gasteiger partial charge in [-0.2, -0.15) is 0 Å². The van der Waals surface area contributed by atoms with E-state index in [0.29, 0.717) is 5.02 Å². The highest BCUT2D eigenvalue weighted by atomic mass is 35.5. The molecule has 10 heavy (non-hydrogen) atoms. The van der Waals surface area contributed by atoms with Gasteiger partial charge in [0.05, 0.1) is 5.69 Å². The average molecular weight is 194 g/mol. The number of halogens is 2. The monoisotopic (exact) mass is 193 g/mol. The van der Waals surface area contributed by atoms with Crippen LogP contribution in [0.1, 0.15) is 0 Å². The molecule has 1 nitrogen and oxygen atoms in total. The molecule has 4 heteroatoms. The molecule has 1 aromatic rings. The Kier molecular flexibility index (Phi) is 2.72. The maximum atomic E-state index is 5.66. The van der Waals surface area contributed by atoms with Crippen LogP contribution in [0, 0.1) is 0 Å². The van der Waals surface area contributed by atoms with Crippen molar-refractivity contribution in [3.8, 4) is 0 Å². The van der Waals surface area contributed by atoms with E-state index in [0.717, 1.165) is 10.6 Å². The van der Waals surface area contributed by atoms with Gasteiger partial charge in [0.1, 0.15) is 0 Å². The Labute approximate surface area is 74.9 Å². The summed E-state index contributed by atoms with van der Waals surface area (Å²) < 4.78 is 0. The third-order valence-electron chi connectivity index (χ3n) is 1.06. The molecule has 0 heterocycles. The highest BCUT2D eigenvalue weighted by Crippen LogP contribution is 2.24. The Balaban J connectivity index is 3.09. The predicted molar refractivity (Wildman–Crippen MR) is 48.2 cm³/mol. The summed E-state index contributed by atoms with van der Waals surface area (Å²) in [7, 11) is 0. The third kappa shape index (κ3) is 1.72. The topological polar surface area (TPSA) is 12.0 Å². The van der Waals surface area contributed by atoms with Crippen molar-refractivity contribution in [1.82, 2.24) is 0 Å². The molecule has 0 radical (unpaired) electrons. The van der Waals surface area contributed by atoms with Crippen molar-refractivity contribution in [2.24, 2.45) is 0 Å². The maximum absolute atomic E-state index is 5.66. The Bertz CT molecular complexity index is 239. The van der Waals surface area contributed by atoms with E-state index in [9.17, 15) is 0 Å². The fraction of sp³-hybridized carbons (Fsp3) is 0. The summed E-state index contributed by atoms with van der Waals surface area (Å²) in [6, 6.07) is 5.23. The molecular formula is C6H5Cl2NS. The minimum atomic E-state index is 0.640. The first kappa shape index (κ1) is 8.05. The number of anilines is 1. The molecule has 0 aliphatic heterocycles. The van der Waals surface area contributed by atoms with Crippen LogP contribution in [-0.2, 0) is 0 Å². The van der Waals surface area contributed by atoms with Crippen LogP contribution in [0.25, 0.3) is 0 Å². The molecule has 0 saturated heterocycles. The van der Waals surface area contributed by atoms with E-state index >= 15 is 0 Å². The van der Waals surface area contributed by atoms with E-state index in [4.69, 9.17) is 23.4 Å². The summed E-state index contributed by atoms with van der Waals surface area (Å²) in [6.45, 7) is 0. The summed E-state index contributed by atoms with van der Waals surface area (Å²) in [5.74, 6) is 0. The molecule has 0 aliphatic carbocycles. The lowest BCUT2D eigenvalue weighted by molar-refractivity contribution is 1.47. The largest absolute Gasteiger partial charge is 0.297 e. The quantitative estimate of drug-likeness (QED) is 0.516. The molecule has 0 saturated carbocycles. The van der Waals surface area contributed by atoms with Gasteiger partial charge in [0.25, 0.3) is 0 Å². The third-order valence-corrected chi connectivity index (χ3v) is 1.89. The molecule has 0 aliphatic rings. The van der Waals surface area contributed by atoms with Gasteiger partial charge in [0, 0.05) is 21.7 Å². The molecular weight excluding hydrogens is 189 g/mol. The van der Waals surface area contributed by atoms with E-state index in [1.54, 1.807) is 18.2 Å². The lowest BCUT2D eigenvalue weighted by atomic mass is 10.3. The first-order chi connectivity index (χ1) is 4.74. The highest BCUT2D eigenvalue weighted by Gasteiger charge is 1.96. The van der Waals surface area contributed by atoms with Gasteiger partial charge in [-0.15, -0.1) is 12.6 Å². The van der Waals surface area contributed by atoms with Gasteiger partial charge in [-0.3, -0.25) is 4.84 Å². The Hall–Kier alpha value is -0.0500. The smallest absolute Gasteiger partial charge is 0.0639 e. The van der Waals surface area contributed by atoms with Crippen LogP contribution in [0.2, 0.25) is 5.02 Å².